The zero-order valence-corrected chi connectivity index (χ0v) is 24.3. The van der Waals surface area contributed by atoms with E-state index in [1.807, 2.05) is 11.3 Å². The molecule has 0 atom stereocenters. The van der Waals surface area contributed by atoms with Crippen molar-refractivity contribution < 1.29 is 0 Å². The molecule has 196 valence electrons. The van der Waals surface area contributed by atoms with Crippen LogP contribution >= 0.6 is 11.3 Å². The molecule has 6 aromatic carbocycles. The van der Waals surface area contributed by atoms with Crippen molar-refractivity contribution in [2.75, 3.05) is 0 Å². The van der Waals surface area contributed by atoms with E-state index < -0.39 is 0 Å². The number of aryl methyl sites for hydroxylation is 1. The van der Waals surface area contributed by atoms with E-state index in [0.717, 1.165) is 0 Å². The Morgan fingerprint density at radius 2 is 0.951 bits per heavy atom. The van der Waals surface area contributed by atoms with Crippen LogP contribution in [0.15, 0.2) is 127 Å². The SMILES string of the molecule is Cc1cc2c(s1)-c1ccc(-c3c4ccccc4c(-c4ccc(-c5ccccc5)cc4)c4ccccc34)cc1C2(C)C. The van der Waals surface area contributed by atoms with E-state index in [2.05, 4.69) is 148 Å². The Kier molecular flexibility index (Phi) is 5.36. The van der Waals surface area contributed by atoms with E-state index >= 15 is 0 Å². The third-order valence-electron chi connectivity index (χ3n) is 8.97. The van der Waals surface area contributed by atoms with Crippen molar-refractivity contribution >= 4 is 32.9 Å². The molecular weight excluding hydrogens is 513 g/mol. The quantitative estimate of drug-likeness (QED) is 0.195. The second kappa shape index (κ2) is 9.03. The van der Waals surface area contributed by atoms with Crippen LogP contribution < -0.4 is 0 Å². The summed E-state index contributed by atoms with van der Waals surface area (Å²) < 4.78 is 0. The lowest BCUT2D eigenvalue weighted by atomic mass is 9.80. The number of hydrogen-bond donors (Lipinski definition) is 0. The molecule has 0 N–H and O–H groups in total. The van der Waals surface area contributed by atoms with Crippen molar-refractivity contribution in [1.29, 1.82) is 0 Å². The number of benzene rings is 6. The van der Waals surface area contributed by atoms with Gasteiger partial charge in [-0.15, -0.1) is 11.3 Å². The van der Waals surface area contributed by atoms with Crippen LogP contribution in [-0.4, -0.2) is 0 Å². The van der Waals surface area contributed by atoms with Crippen LogP contribution in [-0.2, 0) is 5.41 Å². The summed E-state index contributed by atoms with van der Waals surface area (Å²) in [5, 5.41) is 5.19. The summed E-state index contributed by atoms with van der Waals surface area (Å²) in [6.45, 7) is 6.99. The van der Waals surface area contributed by atoms with Crippen LogP contribution in [0, 0.1) is 6.92 Å². The molecule has 1 heterocycles. The molecule has 1 aliphatic rings. The maximum Gasteiger partial charge on any atom is 0.0389 e. The van der Waals surface area contributed by atoms with Gasteiger partial charge in [0, 0.05) is 15.2 Å². The van der Waals surface area contributed by atoms with Gasteiger partial charge in [-0.1, -0.05) is 129 Å². The summed E-state index contributed by atoms with van der Waals surface area (Å²) >= 11 is 1.93. The van der Waals surface area contributed by atoms with Gasteiger partial charge in [0.2, 0.25) is 0 Å². The lowest BCUT2D eigenvalue weighted by Crippen LogP contribution is -2.14. The van der Waals surface area contributed by atoms with E-state index in [0.29, 0.717) is 0 Å². The molecule has 1 aromatic heterocycles. The first-order chi connectivity index (χ1) is 20.0. The normalized spacial score (nSPS) is 13.4. The summed E-state index contributed by atoms with van der Waals surface area (Å²) in [6.07, 6.45) is 0. The molecular formula is C40H30S. The summed E-state index contributed by atoms with van der Waals surface area (Å²) in [5.74, 6) is 0. The third kappa shape index (κ3) is 3.66. The smallest absolute Gasteiger partial charge is 0.0389 e. The molecule has 7 aromatic rings. The molecule has 0 aliphatic heterocycles. The van der Waals surface area contributed by atoms with Crippen molar-refractivity contribution in [3.8, 4) is 43.8 Å². The number of hydrogen-bond acceptors (Lipinski definition) is 1. The van der Waals surface area contributed by atoms with E-state index in [9.17, 15) is 0 Å². The van der Waals surface area contributed by atoms with Crippen molar-refractivity contribution in [3.05, 3.63) is 143 Å². The van der Waals surface area contributed by atoms with E-state index in [1.54, 1.807) is 0 Å². The fourth-order valence-corrected chi connectivity index (χ4v) is 8.16. The molecule has 0 radical (unpaired) electrons. The predicted octanol–water partition coefficient (Wildman–Crippen LogP) is 11.7. The Labute approximate surface area is 245 Å². The van der Waals surface area contributed by atoms with Crippen LogP contribution in [0.5, 0.6) is 0 Å². The minimum absolute atomic E-state index is 0.00250. The maximum absolute atomic E-state index is 2.47. The van der Waals surface area contributed by atoms with Gasteiger partial charge in [0.05, 0.1) is 0 Å². The van der Waals surface area contributed by atoms with Crippen LogP contribution in [0.2, 0.25) is 0 Å². The van der Waals surface area contributed by atoms with Crippen molar-refractivity contribution in [2.45, 2.75) is 26.2 Å². The summed E-state index contributed by atoms with van der Waals surface area (Å²) in [5.41, 5.74) is 12.0. The van der Waals surface area contributed by atoms with Crippen LogP contribution in [0.3, 0.4) is 0 Å². The standard InChI is InChI=1S/C40H30S/c1-25-23-36-39(41-25)34-22-21-29(24-35(34)40(36,2)3)38-32-15-9-7-13-30(32)37(31-14-8-10-16-33(31)38)28-19-17-27(18-20-28)26-11-5-4-6-12-26/h4-24H,1-3H3. The van der Waals surface area contributed by atoms with Gasteiger partial charge in [-0.25, -0.2) is 0 Å². The lowest BCUT2D eigenvalue weighted by molar-refractivity contribution is 0.661. The van der Waals surface area contributed by atoms with Crippen molar-refractivity contribution in [3.63, 3.8) is 0 Å². The third-order valence-corrected chi connectivity index (χ3v) is 10.1. The summed E-state index contributed by atoms with van der Waals surface area (Å²) in [7, 11) is 0. The second-order valence-electron chi connectivity index (χ2n) is 11.8. The molecule has 0 saturated heterocycles. The second-order valence-corrected chi connectivity index (χ2v) is 13.0. The van der Waals surface area contributed by atoms with E-state index in [1.165, 1.54) is 81.4 Å². The number of thiophene rings is 1. The van der Waals surface area contributed by atoms with Gasteiger partial charge in [-0.2, -0.15) is 0 Å². The Morgan fingerprint density at radius 1 is 0.463 bits per heavy atom. The van der Waals surface area contributed by atoms with Gasteiger partial charge in [0.15, 0.2) is 0 Å². The molecule has 41 heavy (non-hydrogen) atoms. The predicted molar refractivity (Wildman–Crippen MR) is 178 cm³/mol. The average Bonchev–Trinajstić information content (AvgIpc) is 3.50. The van der Waals surface area contributed by atoms with Gasteiger partial charge >= 0.3 is 0 Å². The molecule has 0 saturated carbocycles. The van der Waals surface area contributed by atoms with Crippen LogP contribution in [0.1, 0.15) is 29.9 Å². The van der Waals surface area contributed by atoms with Crippen LogP contribution in [0.25, 0.3) is 65.4 Å². The molecule has 1 heteroatoms. The Balaban J connectivity index is 1.36. The highest BCUT2D eigenvalue weighted by molar-refractivity contribution is 7.15. The fourth-order valence-electron chi connectivity index (χ4n) is 6.95. The molecule has 0 amide bonds. The first kappa shape index (κ1) is 24.3. The molecule has 0 spiro atoms. The largest absolute Gasteiger partial charge is 0.140 e. The van der Waals surface area contributed by atoms with Crippen LogP contribution in [0.4, 0.5) is 0 Å². The topological polar surface area (TPSA) is 0 Å². The molecule has 8 rings (SSSR count). The first-order valence-electron chi connectivity index (χ1n) is 14.4. The molecule has 1 aliphatic carbocycles. The average molecular weight is 543 g/mol. The Bertz CT molecular complexity index is 2050. The van der Waals surface area contributed by atoms with Gasteiger partial charge in [-0.05, 0) is 90.7 Å². The lowest BCUT2D eigenvalue weighted by Gasteiger charge is -2.22. The highest BCUT2D eigenvalue weighted by Gasteiger charge is 2.37. The zero-order valence-electron chi connectivity index (χ0n) is 23.5. The molecule has 0 fully saturated rings. The molecule has 0 unspecified atom stereocenters. The van der Waals surface area contributed by atoms with Crippen molar-refractivity contribution in [1.82, 2.24) is 0 Å². The van der Waals surface area contributed by atoms with E-state index in [4.69, 9.17) is 0 Å². The van der Waals surface area contributed by atoms with Gasteiger partial charge in [0.1, 0.15) is 0 Å². The highest BCUT2D eigenvalue weighted by atomic mass is 32.1. The minimum Gasteiger partial charge on any atom is -0.140 e. The summed E-state index contributed by atoms with van der Waals surface area (Å²) in [4.78, 5) is 2.83. The number of rotatable bonds is 3. The van der Waals surface area contributed by atoms with Gasteiger partial charge < -0.3 is 0 Å². The highest BCUT2D eigenvalue weighted by Crippen LogP contribution is 2.54. The maximum atomic E-state index is 2.47. The monoisotopic (exact) mass is 542 g/mol. The van der Waals surface area contributed by atoms with E-state index in [-0.39, 0.29) is 5.41 Å². The van der Waals surface area contributed by atoms with Gasteiger partial charge in [0.25, 0.3) is 0 Å². The van der Waals surface area contributed by atoms with Gasteiger partial charge in [-0.3, -0.25) is 0 Å². The van der Waals surface area contributed by atoms with Crippen molar-refractivity contribution in [2.24, 2.45) is 0 Å². The first-order valence-corrected chi connectivity index (χ1v) is 15.2. The molecule has 0 bridgehead atoms. The fraction of sp³-hybridized carbons (Fsp3) is 0.100. The zero-order chi connectivity index (χ0) is 27.7. The molecule has 0 nitrogen and oxygen atoms in total. The summed E-state index contributed by atoms with van der Waals surface area (Å²) in [6, 6.07) is 47.2. The Hall–Kier alpha value is -4.46. The Morgan fingerprint density at radius 3 is 1.56 bits per heavy atom. The minimum atomic E-state index is -0.00250. The number of fused-ring (bicyclic) bond motifs is 5.